The Balaban J connectivity index is 0.000000175. The highest BCUT2D eigenvalue weighted by Gasteiger charge is 2.25. The largest absolute Gasteiger partial charge is 0.336 e. The van der Waals surface area contributed by atoms with E-state index in [2.05, 4.69) is 51.6 Å². The van der Waals surface area contributed by atoms with E-state index in [0.29, 0.717) is 25.9 Å². The molecule has 44 heavy (non-hydrogen) atoms. The molecule has 0 fully saturated rings. The van der Waals surface area contributed by atoms with E-state index in [-0.39, 0.29) is 20.2 Å². The van der Waals surface area contributed by atoms with Crippen LogP contribution < -0.4 is 9.44 Å². The van der Waals surface area contributed by atoms with Gasteiger partial charge in [-0.3, -0.25) is 0 Å². The van der Waals surface area contributed by atoms with E-state index in [1.807, 2.05) is 66.0 Å². The van der Waals surface area contributed by atoms with Crippen LogP contribution >= 0.6 is 54.5 Å². The van der Waals surface area contributed by atoms with Crippen molar-refractivity contribution in [3.05, 3.63) is 104 Å². The van der Waals surface area contributed by atoms with Crippen molar-refractivity contribution in [1.29, 1.82) is 0 Å². The van der Waals surface area contributed by atoms with Gasteiger partial charge in [0.1, 0.15) is 17.4 Å². The van der Waals surface area contributed by atoms with Crippen LogP contribution in [0.15, 0.2) is 110 Å². The second kappa shape index (κ2) is 13.4. The Labute approximate surface area is 278 Å². The fourth-order valence-corrected chi connectivity index (χ4v) is 9.08. The molecule has 0 aliphatic carbocycles. The number of aryl methyl sites for hydroxylation is 2. The normalized spacial score (nSPS) is 11.5. The fourth-order valence-electron chi connectivity index (χ4n) is 3.76. The van der Waals surface area contributed by atoms with Gasteiger partial charge in [0.25, 0.3) is 31.8 Å². The van der Waals surface area contributed by atoms with Gasteiger partial charge in [0.15, 0.2) is 0 Å². The summed E-state index contributed by atoms with van der Waals surface area (Å²) in [6.45, 7) is 3.43. The standard InChI is InChI=1S/2C14H11BrN2O3S2/c1-9-13(15)14(20-16-9)17-22(18,19)12-7-11(8-21-12)10-5-3-2-4-6-10;1-9-12(15)13(20-16-9)17-22(18,19)14-11(7-8-21-14)10-5-3-2-4-6-10/h2*2-8,17H,1H3. The van der Waals surface area contributed by atoms with Crippen molar-refractivity contribution in [1.82, 2.24) is 10.3 Å². The number of rotatable bonds is 8. The zero-order valence-corrected chi connectivity index (χ0v) is 29.3. The molecule has 0 aliphatic rings. The van der Waals surface area contributed by atoms with Crippen molar-refractivity contribution in [3.8, 4) is 22.3 Å². The third kappa shape index (κ3) is 7.16. The van der Waals surface area contributed by atoms with Gasteiger partial charge >= 0.3 is 0 Å². The Bertz CT molecular complexity index is 2110. The van der Waals surface area contributed by atoms with Gasteiger partial charge in [-0.05, 0) is 85.3 Å². The average molecular weight is 799 g/mol. The molecular formula is C28H22Br2N4O6S4. The Hall–Kier alpha value is -3.28. The van der Waals surface area contributed by atoms with Crippen molar-refractivity contribution >= 4 is 86.3 Å². The molecule has 0 bridgehead atoms. The summed E-state index contributed by atoms with van der Waals surface area (Å²) in [7, 11) is -7.46. The average Bonchev–Trinajstić information content (AvgIpc) is 3.82. The van der Waals surface area contributed by atoms with Crippen LogP contribution in [0.4, 0.5) is 11.8 Å². The summed E-state index contributed by atoms with van der Waals surface area (Å²) in [6.07, 6.45) is 0. The molecule has 6 rings (SSSR count). The second-order valence-corrected chi connectivity index (χ2v) is 16.2. The van der Waals surface area contributed by atoms with E-state index < -0.39 is 20.0 Å². The summed E-state index contributed by atoms with van der Waals surface area (Å²) in [5.41, 5.74) is 4.49. The fraction of sp³-hybridized carbons (Fsp3) is 0.0714. The minimum absolute atomic E-state index is 0.0740. The van der Waals surface area contributed by atoms with Gasteiger partial charge in [-0.15, -0.1) is 22.7 Å². The minimum atomic E-state index is -3.75. The van der Waals surface area contributed by atoms with Gasteiger partial charge in [0.2, 0.25) is 0 Å². The Morgan fingerprint density at radius 2 is 1.20 bits per heavy atom. The zero-order chi connectivity index (χ0) is 31.5. The van der Waals surface area contributed by atoms with Crippen molar-refractivity contribution in [2.45, 2.75) is 22.3 Å². The molecule has 16 heteroatoms. The molecule has 0 spiro atoms. The maximum Gasteiger partial charge on any atom is 0.274 e. The van der Waals surface area contributed by atoms with Crippen LogP contribution in [-0.2, 0) is 20.0 Å². The first-order valence-corrected chi connectivity index (χ1v) is 18.8. The molecule has 228 valence electrons. The van der Waals surface area contributed by atoms with E-state index in [9.17, 15) is 16.8 Å². The van der Waals surface area contributed by atoms with Gasteiger partial charge in [-0.1, -0.05) is 71.0 Å². The number of nitrogens with one attached hydrogen (secondary N) is 2. The lowest BCUT2D eigenvalue weighted by Gasteiger charge is -2.06. The molecule has 4 aromatic heterocycles. The van der Waals surface area contributed by atoms with Crippen LogP contribution in [0.1, 0.15) is 11.4 Å². The number of benzene rings is 2. The van der Waals surface area contributed by atoms with Crippen LogP contribution in [0.5, 0.6) is 0 Å². The van der Waals surface area contributed by atoms with Gasteiger partial charge in [-0.2, -0.15) is 0 Å². The Kier molecular flexibility index (Phi) is 9.77. The highest BCUT2D eigenvalue weighted by molar-refractivity contribution is 9.11. The summed E-state index contributed by atoms with van der Waals surface area (Å²) in [6, 6.07) is 22.4. The van der Waals surface area contributed by atoms with Crippen molar-refractivity contribution in [2.24, 2.45) is 0 Å². The minimum Gasteiger partial charge on any atom is -0.336 e. The van der Waals surface area contributed by atoms with Gasteiger partial charge < -0.3 is 9.05 Å². The maximum atomic E-state index is 12.6. The molecule has 0 aliphatic heterocycles. The Morgan fingerprint density at radius 3 is 1.73 bits per heavy atom. The quantitative estimate of drug-likeness (QED) is 0.156. The predicted octanol–water partition coefficient (Wildman–Crippen LogP) is 8.55. The van der Waals surface area contributed by atoms with Gasteiger partial charge in [0, 0.05) is 5.56 Å². The molecule has 0 radical (unpaired) electrons. The predicted molar refractivity (Wildman–Crippen MR) is 179 cm³/mol. The highest BCUT2D eigenvalue weighted by atomic mass is 79.9. The molecule has 0 saturated heterocycles. The second-order valence-electron chi connectivity index (χ2n) is 9.04. The molecule has 6 aromatic rings. The topological polar surface area (TPSA) is 144 Å². The first kappa shape index (κ1) is 32.1. The number of nitrogens with zero attached hydrogens (tertiary/aromatic N) is 2. The molecule has 4 heterocycles. The number of thiophene rings is 2. The summed E-state index contributed by atoms with van der Waals surface area (Å²) in [4.78, 5) is 0. The van der Waals surface area contributed by atoms with Crippen molar-refractivity contribution in [3.63, 3.8) is 0 Å². The SMILES string of the molecule is Cc1noc(NS(=O)(=O)c2cc(-c3ccccc3)cs2)c1Br.Cc1noc(NS(=O)(=O)c2sccc2-c2ccccc2)c1Br. The van der Waals surface area contributed by atoms with Gasteiger partial charge in [0.05, 0.1) is 11.4 Å². The number of hydrogen-bond acceptors (Lipinski definition) is 10. The van der Waals surface area contributed by atoms with E-state index in [0.717, 1.165) is 39.4 Å². The zero-order valence-electron chi connectivity index (χ0n) is 22.8. The highest BCUT2D eigenvalue weighted by Crippen LogP contribution is 2.35. The van der Waals surface area contributed by atoms with Crippen LogP contribution in [0.2, 0.25) is 0 Å². The molecule has 2 aromatic carbocycles. The summed E-state index contributed by atoms with van der Waals surface area (Å²) in [5, 5.41) is 11.0. The smallest absolute Gasteiger partial charge is 0.274 e. The van der Waals surface area contributed by atoms with Crippen LogP contribution in [0.25, 0.3) is 22.3 Å². The van der Waals surface area contributed by atoms with Crippen LogP contribution in [-0.4, -0.2) is 27.1 Å². The summed E-state index contributed by atoms with van der Waals surface area (Å²) in [5.74, 6) is 0.150. The third-order valence-electron chi connectivity index (χ3n) is 5.94. The van der Waals surface area contributed by atoms with Crippen molar-refractivity contribution in [2.75, 3.05) is 9.44 Å². The molecule has 10 nitrogen and oxygen atoms in total. The summed E-state index contributed by atoms with van der Waals surface area (Å²) >= 11 is 8.80. The molecule has 0 unspecified atom stereocenters. The van der Waals surface area contributed by atoms with E-state index in [1.165, 1.54) is 0 Å². The Morgan fingerprint density at radius 1 is 0.682 bits per heavy atom. The maximum absolute atomic E-state index is 12.6. The first-order chi connectivity index (χ1) is 21.0. The van der Waals surface area contributed by atoms with Crippen LogP contribution in [0.3, 0.4) is 0 Å². The van der Waals surface area contributed by atoms with E-state index >= 15 is 0 Å². The van der Waals surface area contributed by atoms with E-state index in [4.69, 9.17) is 9.05 Å². The molecule has 2 N–H and O–H groups in total. The lowest BCUT2D eigenvalue weighted by Crippen LogP contribution is -2.12. The first-order valence-electron chi connectivity index (χ1n) is 12.5. The number of anilines is 2. The van der Waals surface area contributed by atoms with Gasteiger partial charge in [-0.25, -0.2) is 26.3 Å². The summed E-state index contributed by atoms with van der Waals surface area (Å²) < 4.78 is 66.2. The lowest BCUT2D eigenvalue weighted by molar-refractivity contribution is 0.430. The molecule has 0 amide bonds. The third-order valence-corrected chi connectivity index (χ3v) is 13.4. The molecule has 0 atom stereocenters. The lowest BCUT2D eigenvalue weighted by atomic mass is 10.1. The molecule has 0 saturated carbocycles. The molecular weight excluding hydrogens is 776 g/mol. The number of halogens is 2. The monoisotopic (exact) mass is 796 g/mol. The van der Waals surface area contributed by atoms with E-state index in [1.54, 1.807) is 31.4 Å². The van der Waals surface area contributed by atoms with Crippen molar-refractivity contribution < 1.29 is 25.9 Å². The number of sulfonamides is 2. The van der Waals surface area contributed by atoms with Crippen LogP contribution in [0, 0.1) is 13.8 Å². The number of aromatic nitrogens is 2. The number of hydrogen-bond donors (Lipinski definition) is 2.